The van der Waals surface area contributed by atoms with Gasteiger partial charge in [0.05, 0.1) is 16.6 Å². The number of hydrogen-bond acceptors (Lipinski definition) is 5. The van der Waals surface area contributed by atoms with Gasteiger partial charge in [0.25, 0.3) is 17.4 Å². The molecule has 0 bridgehead atoms. The van der Waals surface area contributed by atoms with Crippen LogP contribution in [0.15, 0.2) is 66.4 Å². The first kappa shape index (κ1) is 28.0. The van der Waals surface area contributed by atoms with Crippen molar-refractivity contribution in [2.45, 2.75) is 34.1 Å². The van der Waals surface area contributed by atoms with Gasteiger partial charge in [-0.25, -0.2) is 4.98 Å². The fourth-order valence-electron chi connectivity index (χ4n) is 4.36. The van der Waals surface area contributed by atoms with Crippen LogP contribution in [0.4, 0.5) is 5.69 Å². The van der Waals surface area contributed by atoms with Crippen molar-refractivity contribution in [2.75, 3.05) is 24.5 Å². The van der Waals surface area contributed by atoms with E-state index in [1.54, 1.807) is 17.0 Å². The molecule has 9 nitrogen and oxygen atoms in total. The van der Waals surface area contributed by atoms with Crippen molar-refractivity contribution in [3.63, 3.8) is 0 Å². The average molecular weight is 516 g/mol. The van der Waals surface area contributed by atoms with Gasteiger partial charge in [0.15, 0.2) is 0 Å². The third kappa shape index (κ3) is 5.27. The van der Waals surface area contributed by atoms with E-state index in [9.17, 15) is 19.2 Å². The molecule has 1 N–H and O–H groups in total. The van der Waals surface area contributed by atoms with E-state index >= 15 is 0 Å². The van der Waals surface area contributed by atoms with Crippen LogP contribution >= 0.6 is 0 Å². The van der Waals surface area contributed by atoms with Gasteiger partial charge in [0.2, 0.25) is 6.41 Å². The zero-order chi connectivity index (χ0) is 28.0. The second-order valence-electron chi connectivity index (χ2n) is 8.37. The number of nitrogens with zero attached hydrogens (tertiary/aromatic N) is 4. The van der Waals surface area contributed by atoms with E-state index < -0.39 is 17.4 Å². The Morgan fingerprint density at radius 3 is 2.50 bits per heavy atom. The molecular weight excluding hydrogens is 482 g/mol. The minimum absolute atomic E-state index is 0.0984. The lowest BCUT2D eigenvalue weighted by molar-refractivity contribution is -0.128. The van der Waals surface area contributed by atoms with Gasteiger partial charge in [-0.2, -0.15) is 0 Å². The summed E-state index contributed by atoms with van der Waals surface area (Å²) < 4.78 is 1.06. The molecule has 1 aromatic heterocycles. The molecule has 0 saturated carbocycles. The number of carbonyl (C=O) groups excluding carboxylic acids is 3. The highest BCUT2D eigenvalue weighted by Crippen LogP contribution is 2.33. The van der Waals surface area contributed by atoms with Gasteiger partial charge in [-0.1, -0.05) is 45.2 Å². The number of carbonyl (C=O) groups is 3. The first-order valence-corrected chi connectivity index (χ1v) is 12.6. The van der Waals surface area contributed by atoms with E-state index in [1.807, 2.05) is 52.0 Å². The van der Waals surface area contributed by atoms with Crippen LogP contribution in [0.25, 0.3) is 27.7 Å². The topological polar surface area (TPSA) is 105 Å². The summed E-state index contributed by atoms with van der Waals surface area (Å²) in [6.45, 7) is 16.6. The van der Waals surface area contributed by atoms with E-state index in [-0.39, 0.29) is 11.4 Å². The Kier molecular flexibility index (Phi) is 8.96. The lowest BCUT2D eigenvalue weighted by Gasteiger charge is -2.20. The van der Waals surface area contributed by atoms with Gasteiger partial charge in [-0.3, -0.25) is 23.7 Å². The molecule has 1 aliphatic rings. The Labute approximate surface area is 222 Å². The lowest BCUT2D eigenvalue weighted by atomic mass is 9.99. The maximum absolute atomic E-state index is 13.3. The fourth-order valence-corrected chi connectivity index (χ4v) is 4.36. The zero-order valence-electron chi connectivity index (χ0n) is 22.3. The Morgan fingerprint density at radius 1 is 1.13 bits per heavy atom. The molecular formula is C29H33N5O4. The first-order valence-electron chi connectivity index (χ1n) is 12.6. The van der Waals surface area contributed by atoms with Crippen LogP contribution < -0.4 is 15.8 Å². The van der Waals surface area contributed by atoms with Gasteiger partial charge in [0.1, 0.15) is 12.0 Å². The van der Waals surface area contributed by atoms with E-state index in [0.29, 0.717) is 30.5 Å². The van der Waals surface area contributed by atoms with Crippen molar-refractivity contribution < 1.29 is 14.4 Å². The van der Waals surface area contributed by atoms with Gasteiger partial charge in [0, 0.05) is 30.9 Å². The number of para-hydroxylation sites is 1. The molecule has 198 valence electrons. The molecule has 3 amide bonds. The number of aromatic nitrogens is 2. The summed E-state index contributed by atoms with van der Waals surface area (Å²) >= 11 is 0. The van der Waals surface area contributed by atoms with Crippen molar-refractivity contribution in [1.29, 1.82) is 0 Å². The van der Waals surface area contributed by atoms with Gasteiger partial charge in [-0.05, 0) is 49.6 Å². The number of fused-ring (bicyclic) bond motifs is 2. The second-order valence-corrected chi connectivity index (χ2v) is 8.37. The molecule has 0 atom stereocenters. The van der Waals surface area contributed by atoms with Gasteiger partial charge in [-0.15, -0.1) is 0 Å². The molecule has 0 aliphatic carbocycles. The molecule has 9 heteroatoms. The highest BCUT2D eigenvalue weighted by molar-refractivity contribution is 6.15. The minimum atomic E-state index is -0.724. The predicted octanol–water partition coefficient (Wildman–Crippen LogP) is 3.58. The predicted molar refractivity (Wildman–Crippen MR) is 150 cm³/mol. The van der Waals surface area contributed by atoms with Crippen LogP contribution in [0, 0.1) is 0 Å². The normalized spacial score (nSPS) is 11.7. The van der Waals surface area contributed by atoms with Crippen LogP contribution in [-0.4, -0.2) is 52.3 Å². The SMILES string of the molecule is C=C(NC(=O)C(=C)n1cnc2c(-c3ccc4c(c3)CCN4C=O)cccc2c1=O)C(=O)N(CC)CC.CC. The molecule has 4 rings (SSSR count). The zero-order valence-corrected chi connectivity index (χ0v) is 22.3. The van der Waals surface area contributed by atoms with Gasteiger partial charge < -0.3 is 15.1 Å². The molecule has 0 unspecified atom stereocenters. The Morgan fingerprint density at radius 2 is 1.84 bits per heavy atom. The second kappa shape index (κ2) is 12.1. The molecule has 2 heterocycles. The molecule has 0 fully saturated rings. The Hall–Kier alpha value is -4.53. The number of likely N-dealkylation sites (N-methyl/N-ethyl adjacent to an activating group) is 1. The summed E-state index contributed by atoms with van der Waals surface area (Å²) in [6.07, 6.45) is 2.84. The van der Waals surface area contributed by atoms with Crippen molar-refractivity contribution in [2.24, 2.45) is 0 Å². The van der Waals surface area contributed by atoms with Crippen LogP contribution in [-0.2, 0) is 20.8 Å². The standard InChI is InChI=1S/C27H27N5O4.C2H6/c1-5-30(6-2)26(35)17(3)29-25(34)18(4)32-15-28-24-21(8-7-9-22(24)27(32)36)19-10-11-23-20(14-19)12-13-31(23)16-33;1-2/h7-11,14-16H,3-6,12-13H2,1-2H3,(H,29,34);1-2H3. The summed E-state index contributed by atoms with van der Waals surface area (Å²) in [6, 6.07) is 11.1. The maximum atomic E-state index is 13.3. The van der Waals surface area contributed by atoms with Crippen LogP contribution in [0.5, 0.6) is 0 Å². The van der Waals surface area contributed by atoms with E-state index in [4.69, 9.17) is 0 Å². The first-order chi connectivity index (χ1) is 18.3. The smallest absolute Gasteiger partial charge is 0.272 e. The molecule has 0 spiro atoms. The van der Waals surface area contributed by atoms with Crippen molar-refractivity contribution >= 4 is 40.5 Å². The number of hydrogen-bond donors (Lipinski definition) is 1. The monoisotopic (exact) mass is 515 g/mol. The summed E-state index contributed by atoms with van der Waals surface area (Å²) in [5.41, 5.74) is 3.31. The molecule has 2 aromatic carbocycles. The fraction of sp³-hybridized carbons (Fsp3) is 0.276. The minimum Gasteiger partial charge on any atom is -0.338 e. The third-order valence-electron chi connectivity index (χ3n) is 6.36. The highest BCUT2D eigenvalue weighted by Gasteiger charge is 2.21. The molecule has 3 aromatic rings. The number of anilines is 1. The Bertz CT molecular complexity index is 1470. The molecule has 38 heavy (non-hydrogen) atoms. The number of amides is 3. The largest absolute Gasteiger partial charge is 0.338 e. The molecule has 0 radical (unpaired) electrons. The van der Waals surface area contributed by atoms with Crippen molar-refractivity contribution in [3.8, 4) is 11.1 Å². The number of rotatable bonds is 8. The van der Waals surface area contributed by atoms with E-state index in [0.717, 1.165) is 39.8 Å². The summed E-state index contributed by atoms with van der Waals surface area (Å²) in [5, 5.41) is 2.75. The third-order valence-corrected chi connectivity index (χ3v) is 6.36. The Balaban J connectivity index is 0.00000195. The summed E-state index contributed by atoms with van der Waals surface area (Å²) in [7, 11) is 0. The molecule has 1 aliphatic heterocycles. The maximum Gasteiger partial charge on any atom is 0.272 e. The molecule has 0 saturated heterocycles. The van der Waals surface area contributed by atoms with E-state index in [1.165, 1.54) is 11.2 Å². The van der Waals surface area contributed by atoms with Gasteiger partial charge >= 0.3 is 0 Å². The number of benzene rings is 2. The lowest BCUT2D eigenvalue weighted by Crippen LogP contribution is -2.39. The summed E-state index contributed by atoms with van der Waals surface area (Å²) in [4.78, 5) is 57.3. The quantitative estimate of drug-likeness (QED) is 0.365. The van der Waals surface area contributed by atoms with Crippen molar-refractivity contribution in [1.82, 2.24) is 19.8 Å². The van der Waals surface area contributed by atoms with Crippen LogP contribution in [0.3, 0.4) is 0 Å². The summed E-state index contributed by atoms with van der Waals surface area (Å²) in [5.74, 6) is -1.13. The van der Waals surface area contributed by atoms with Crippen molar-refractivity contribution in [3.05, 3.63) is 77.5 Å². The highest BCUT2D eigenvalue weighted by atomic mass is 16.2. The van der Waals surface area contributed by atoms with Crippen LogP contribution in [0.2, 0.25) is 0 Å². The average Bonchev–Trinajstić information content (AvgIpc) is 3.36. The number of nitrogens with one attached hydrogen (secondary N) is 1. The van der Waals surface area contributed by atoms with E-state index in [2.05, 4.69) is 23.5 Å². The van der Waals surface area contributed by atoms with Crippen LogP contribution in [0.1, 0.15) is 33.3 Å².